The van der Waals surface area contributed by atoms with Crippen LogP contribution in [-0.2, 0) is 13.1 Å². The Labute approximate surface area is 147 Å². The predicted molar refractivity (Wildman–Crippen MR) is 94.3 cm³/mol. The first-order chi connectivity index (χ1) is 12.2. The fourth-order valence-electron chi connectivity index (χ4n) is 3.00. The maximum atomic E-state index is 12.9. The number of carbonyl (C=O) groups excluding carboxylic acids is 1. The number of likely N-dealkylation sites (tertiary alicyclic amines) is 1. The fourth-order valence-corrected chi connectivity index (χ4v) is 3.00. The van der Waals surface area contributed by atoms with E-state index in [1.807, 2.05) is 24.3 Å². The minimum atomic E-state index is -0.205. The van der Waals surface area contributed by atoms with Gasteiger partial charge in [0.2, 0.25) is 0 Å². The van der Waals surface area contributed by atoms with E-state index in [2.05, 4.69) is 20.5 Å². The molecule has 5 nitrogen and oxygen atoms in total. The van der Waals surface area contributed by atoms with Crippen LogP contribution >= 0.6 is 0 Å². The molecule has 0 atom stereocenters. The SMILES string of the molecule is O=C(NCc1cccnc1)NC1CCN(Cc2ccc(F)cc2)CC1. The summed E-state index contributed by atoms with van der Waals surface area (Å²) in [6, 6.07) is 10.5. The number of nitrogens with zero attached hydrogens (tertiary/aromatic N) is 2. The molecule has 0 radical (unpaired) electrons. The van der Waals surface area contributed by atoms with E-state index < -0.39 is 0 Å². The maximum Gasteiger partial charge on any atom is 0.315 e. The third-order valence-electron chi connectivity index (χ3n) is 4.42. The molecule has 2 N–H and O–H groups in total. The molecule has 1 aliphatic heterocycles. The van der Waals surface area contributed by atoms with Gasteiger partial charge in [-0.1, -0.05) is 18.2 Å². The van der Waals surface area contributed by atoms with Crippen LogP contribution in [0.1, 0.15) is 24.0 Å². The molecule has 2 amide bonds. The first-order valence-electron chi connectivity index (χ1n) is 8.59. The topological polar surface area (TPSA) is 57.3 Å². The van der Waals surface area contributed by atoms with Crippen LogP contribution < -0.4 is 10.6 Å². The van der Waals surface area contributed by atoms with Gasteiger partial charge in [-0.05, 0) is 42.2 Å². The highest BCUT2D eigenvalue weighted by molar-refractivity contribution is 5.74. The Morgan fingerprint density at radius 2 is 1.92 bits per heavy atom. The van der Waals surface area contributed by atoms with Crippen molar-refractivity contribution < 1.29 is 9.18 Å². The first kappa shape index (κ1) is 17.4. The zero-order valence-corrected chi connectivity index (χ0v) is 14.1. The van der Waals surface area contributed by atoms with Crippen LogP contribution in [0.3, 0.4) is 0 Å². The van der Waals surface area contributed by atoms with E-state index in [-0.39, 0.29) is 17.9 Å². The fraction of sp³-hybridized carbons (Fsp3) is 0.368. The van der Waals surface area contributed by atoms with Gasteiger partial charge in [0, 0.05) is 44.6 Å². The predicted octanol–water partition coefficient (Wildman–Crippen LogP) is 2.68. The summed E-state index contributed by atoms with van der Waals surface area (Å²) in [6.45, 7) is 3.14. The third kappa shape index (κ3) is 5.53. The molecule has 0 spiro atoms. The number of benzene rings is 1. The quantitative estimate of drug-likeness (QED) is 0.878. The second-order valence-electron chi connectivity index (χ2n) is 6.37. The van der Waals surface area contributed by atoms with Crippen molar-refractivity contribution in [1.82, 2.24) is 20.5 Å². The molecule has 0 aliphatic carbocycles. The summed E-state index contributed by atoms with van der Waals surface area (Å²) in [5.41, 5.74) is 2.09. The molecular weight excluding hydrogens is 319 g/mol. The second-order valence-corrected chi connectivity index (χ2v) is 6.37. The number of urea groups is 1. The molecule has 1 aromatic heterocycles. The zero-order chi connectivity index (χ0) is 17.5. The minimum absolute atomic E-state index is 0.138. The second kappa shape index (κ2) is 8.58. The summed E-state index contributed by atoms with van der Waals surface area (Å²) in [7, 11) is 0. The van der Waals surface area contributed by atoms with Gasteiger partial charge in [0.1, 0.15) is 5.82 Å². The van der Waals surface area contributed by atoms with Crippen molar-refractivity contribution in [3.8, 4) is 0 Å². The van der Waals surface area contributed by atoms with Gasteiger partial charge in [0.15, 0.2) is 0 Å². The molecule has 6 heteroatoms. The van der Waals surface area contributed by atoms with E-state index in [4.69, 9.17) is 0 Å². The number of pyridine rings is 1. The summed E-state index contributed by atoms with van der Waals surface area (Å²) in [4.78, 5) is 18.4. The molecule has 3 rings (SSSR count). The van der Waals surface area contributed by atoms with E-state index in [0.29, 0.717) is 6.54 Å². The highest BCUT2D eigenvalue weighted by Gasteiger charge is 2.20. The number of nitrogens with one attached hydrogen (secondary N) is 2. The molecule has 1 saturated heterocycles. The Hall–Kier alpha value is -2.47. The van der Waals surface area contributed by atoms with Crippen molar-refractivity contribution in [2.24, 2.45) is 0 Å². The molecule has 2 heterocycles. The summed E-state index contributed by atoms with van der Waals surface area (Å²) in [5, 5.41) is 5.90. The van der Waals surface area contributed by atoms with Crippen LogP contribution in [0.5, 0.6) is 0 Å². The van der Waals surface area contributed by atoms with E-state index >= 15 is 0 Å². The molecule has 132 valence electrons. The highest BCUT2D eigenvalue weighted by atomic mass is 19.1. The van der Waals surface area contributed by atoms with Gasteiger partial charge >= 0.3 is 6.03 Å². The summed E-state index contributed by atoms with van der Waals surface area (Å²) < 4.78 is 12.9. The van der Waals surface area contributed by atoms with Gasteiger partial charge in [0.25, 0.3) is 0 Å². The number of rotatable bonds is 5. The number of amides is 2. The van der Waals surface area contributed by atoms with Gasteiger partial charge in [-0.15, -0.1) is 0 Å². The van der Waals surface area contributed by atoms with E-state index in [1.165, 1.54) is 12.1 Å². The number of halogens is 1. The standard InChI is InChI=1S/C19H23FN4O/c20-17-5-3-15(4-6-17)14-24-10-7-18(8-11-24)23-19(25)22-13-16-2-1-9-21-12-16/h1-6,9,12,18H,7-8,10-11,13-14H2,(H2,22,23,25). The van der Waals surface area contributed by atoms with Crippen molar-refractivity contribution in [2.75, 3.05) is 13.1 Å². The maximum absolute atomic E-state index is 12.9. The lowest BCUT2D eigenvalue weighted by molar-refractivity contribution is 0.186. The summed E-state index contributed by atoms with van der Waals surface area (Å²) in [5.74, 6) is -0.205. The minimum Gasteiger partial charge on any atom is -0.335 e. The molecule has 1 aromatic carbocycles. The van der Waals surface area contributed by atoms with Gasteiger partial charge in [-0.2, -0.15) is 0 Å². The van der Waals surface area contributed by atoms with Crippen LogP contribution in [0, 0.1) is 5.82 Å². The van der Waals surface area contributed by atoms with Crippen LogP contribution in [0.25, 0.3) is 0 Å². The summed E-state index contributed by atoms with van der Waals surface area (Å²) >= 11 is 0. The molecular formula is C19H23FN4O. The molecule has 25 heavy (non-hydrogen) atoms. The lowest BCUT2D eigenvalue weighted by Crippen LogP contribution is -2.47. The molecule has 1 aliphatic rings. The van der Waals surface area contributed by atoms with Crippen LogP contribution in [-0.4, -0.2) is 35.0 Å². The molecule has 0 saturated carbocycles. The van der Waals surface area contributed by atoms with E-state index in [9.17, 15) is 9.18 Å². The molecule has 0 unspecified atom stereocenters. The Morgan fingerprint density at radius 1 is 1.16 bits per heavy atom. The Kier molecular flexibility index (Phi) is 5.95. The monoisotopic (exact) mass is 342 g/mol. The normalized spacial score (nSPS) is 15.7. The third-order valence-corrected chi connectivity index (χ3v) is 4.42. The Bertz CT molecular complexity index is 670. The Balaban J connectivity index is 1.37. The van der Waals surface area contributed by atoms with Gasteiger partial charge in [-0.3, -0.25) is 9.88 Å². The lowest BCUT2D eigenvalue weighted by atomic mass is 10.0. The number of hydrogen-bond acceptors (Lipinski definition) is 3. The zero-order valence-electron chi connectivity index (χ0n) is 14.1. The molecule has 2 aromatic rings. The average molecular weight is 342 g/mol. The van der Waals surface area contributed by atoms with Crippen molar-refractivity contribution in [3.63, 3.8) is 0 Å². The number of aromatic nitrogens is 1. The molecule has 1 fully saturated rings. The first-order valence-corrected chi connectivity index (χ1v) is 8.59. The largest absolute Gasteiger partial charge is 0.335 e. The molecule has 0 bridgehead atoms. The highest BCUT2D eigenvalue weighted by Crippen LogP contribution is 2.14. The van der Waals surface area contributed by atoms with Crippen molar-refractivity contribution in [2.45, 2.75) is 32.0 Å². The van der Waals surface area contributed by atoms with Gasteiger partial charge < -0.3 is 10.6 Å². The van der Waals surface area contributed by atoms with E-state index in [0.717, 1.165) is 43.6 Å². The lowest BCUT2D eigenvalue weighted by Gasteiger charge is -2.32. The number of piperidine rings is 1. The van der Waals surface area contributed by atoms with Crippen LogP contribution in [0.15, 0.2) is 48.8 Å². The number of hydrogen-bond donors (Lipinski definition) is 2. The van der Waals surface area contributed by atoms with Crippen molar-refractivity contribution in [3.05, 3.63) is 65.7 Å². The smallest absolute Gasteiger partial charge is 0.315 e. The van der Waals surface area contributed by atoms with Gasteiger partial charge in [0.05, 0.1) is 0 Å². The number of carbonyl (C=O) groups is 1. The summed E-state index contributed by atoms with van der Waals surface area (Å²) in [6.07, 6.45) is 5.29. The van der Waals surface area contributed by atoms with Crippen LogP contribution in [0.4, 0.5) is 9.18 Å². The average Bonchev–Trinajstić information content (AvgIpc) is 2.64. The Morgan fingerprint density at radius 3 is 2.60 bits per heavy atom. The van der Waals surface area contributed by atoms with Crippen LogP contribution in [0.2, 0.25) is 0 Å². The van der Waals surface area contributed by atoms with Crippen molar-refractivity contribution in [1.29, 1.82) is 0 Å². The van der Waals surface area contributed by atoms with E-state index in [1.54, 1.807) is 12.4 Å². The van der Waals surface area contributed by atoms with Crippen molar-refractivity contribution >= 4 is 6.03 Å². The van der Waals surface area contributed by atoms with Gasteiger partial charge in [-0.25, -0.2) is 9.18 Å².